The molecule has 0 aromatic heterocycles. The van der Waals surface area contributed by atoms with Crippen molar-refractivity contribution >= 4 is 40.7 Å². The van der Waals surface area contributed by atoms with E-state index < -0.39 is 29.2 Å². The minimum Gasteiger partial charge on any atom is -0.393 e. The van der Waals surface area contributed by atoms with E-state index in [2.05, 4.69) is 36.7 Å². The van der Waals surface area contributed by atoms with E-state index in [9.17, 15) is 14.7 Å². The molecule has 1 aliphatic carbocycles. The molecule has 9 heteroatoms. The van der Waals surface area contributed by atoms with Gasteiger partial charge in [-0.2, -0.15) is 0 Å². The van der Waals surface area contributed by atoms with Gasteiger partial charge in [0.05, 0.1) is 17.2 Å². The van der Waals surface area contributed by atoms with Crippen molar-refractivity contribution in [2.45, 2.75) is 88.4 Å². The zero-order chi connectivity index (χ0) is 27.4. The Morgan fingerprint density at radius 2 is 1.87 bits per heavy atom. The predicted molar refractivity (Wildman–Crippen MR) is 147 cm³/mol. The van der Waals surface area contributed by atoms with E-state index in [1.54, 1.807) is 24.3 Å². The molecule has 1 saturated carbocycles. The fourth-order valence-corrected chi connectivity index (χ4v) is 7.02. The van der Waals surface area contributed by atoms with Gasteiger partial charge in [-0.25, -0.2) is 4.39 Å². The third-order valence-electron chi connectivity index (χ3n) is 8.26. The second-order valence-electron chi connectivity index (χ2n) is 12.1. The van der Waals surface area contributed by atoms with Gasteiger partial charge in [-0.3, -0.25) is 9.59 Å². The van der Waals surface area contributed by atoms with Crippen molar-refractivity contribution in [2.24, 2.45) is 5.41 Å². The second kappa shape index (κ2) is 10.1. The molecule has 1 saturated heterocycles. The van der Waals surface area contributed by atoms with Crippen LogP contribution in [0.15, 0.2) is 36.4 Å². The molecule has 4 N–H and O–H groups in total. The minimum absolute atomic E-state index is 0.0629. The van der Waals surface area contributed by atoms with Crippen molar-refractivity contribution < 1.29 is 19.1 Å². The number of anilines is 1. The van der Waals surface area contributed by atoms with Crippen LogP contribution in [0.3, 0.4) is 0 Å². The van der Waals surface area contributed by atoms with E-state index in [1.165, 1.54) is 6.07 Å². The molecular weight excluding hydrogens is 528 g/mol. The van der Waals surface area contributed by atoms with E-state index in [-0.39, 0.29) is 40.0 Å². The third kappa shape index (κ3) is 4.72. The number of amides is 2. The molecule has 38 heavy (non-hydrogen) atoms. The summed E-state index contributed by atoms with van der Waals surface area (Å²) >= 11 is 12.5. The Balaban J connectivity index is 1.67. The largest absolute Gasteiger partial charge is 0.393 e. The highest BCUT2D eigenvalue weighted by Gasteiger charge is 2.66. The monoisotopic (exact) mass is 561 g/mol. The summed E-state index contributed by atoms with van der Waals surface area (Å²) in [5.74, 6) is -2.09. The molecule has 0 radical (unpaired) electrons. The van der Waals surface area contributed by atoms with Crippen molar-refractivity contribution in [3.8, 4) is 0 Å². The maximum Gasteiger partial charge on any atom is 0.238 e. The van der Waals surface area contributed by atoms with Crippen LogP contribution in [-0.2, 0) is 15.0 Å². The third-order valence-corrected chi connectivity index (χ3v) is 8.79. The number of nitrogens with one attached hydrogen (secondary N) is 3. The van der Waals surface area contributed by atoms with Crippen molar-refractivity contribution in [1.29, 1.82) is 0 Å². The van der Waals surface area contributed by atoms with Crippen LogP contribution >= 0.6 is 23.2 Å². The molecule has 4 atom stereocenters. The Kier molecular flexibility index (Phi) is 7.27. The van der Waals surface area contributed by atoms with Crippen molar-refractivity contribution in [2.75, 3.05) is 5.32 Å². The first-order valence-electron chi connectivity index (χ1n) is 13.2. The maximum absolute atomic E-state index is 15.8. The van der Waals surface area contributed by atoms with Gasteiger partial charge in [-0.05, 0) is 66.8 Å². The van der Waals surface area contributed by atoms with Crippen LogP contribution in [0.25, 0.3) is 0 Å². The lowest BCUT2D eigenvalue weighted by molar-refractivity contribution is -0.124. The molecule has 6 nitrogen and oxygen atoms in total. The number of aliphatic hydroxyl groups excluding tert-OH is 1. The van der Waals surface area contributed by atoms with Gasteiger partial charge in [0.25, 0.3) is 0 Å². The lowest BCUT2D eigenvalue weighted by Crippen LogP contribution is -2.50. The average molecular weight is 563 g/mol. The fourth-order valence-electron chi connectivity index (χ4n) is 6.66. The summed E-state index contributed by atoms with van der Waals surface area (Å²) in [4.78, 5) is 28.1. The number of carbonyl (C=O) groups is 2. The van der Waals surface area contributed by atoms with Crippen LogP contribution in [0.4, 0.5) is 10.1 Å². The zero-order valence-corrected chi connectivity index (χ0v) is 23.3. The summed E-state index contributed by atoms with van der Waals surface area (Å²) < 4.78 is 15.8. The van der Waals surface area contributed by atoms with Gasteiger partial charge in [0.2, 0.25) is 11.8 Å². The van der Waals surface area contributed by atoms with Gasteiger partial charge >= 0.3 is 0 Å². The number of halogens is 3. The van der Waals surface area contributed by atoms with Gasteiger partial charge < -0.3 is 21.1 Å². The number of rotatable bonds is 4. The highest BCUT2D eigenvalue weighted by atomic mass is 35.5. The van der Waals surface area contributed by atoms with Crippen molar-refractivity contribution in [3.05, 3.63) is 63.4 Å². The molecule has 2 amide bonds. The van der Waals surface area contributed by atoms with Gasteiger partial charge in [-0.15, -0.1) is 0 Å². The number of hydrogen-bond acceptors (Lipinski definition) is 4. The normalized spacial score (nSPS) is 30.8. The highest BCUT2D eigenvalue weighted by Crippen LogP contribution is 2.57. The topological polar surface area (TPSA) is 90.5 Å². The molecule has 2 aromatic rings. The predicted octanol–water partition coefficient (Wildman–Crippen LogP) is 5.30. The van der Waals surface area contributed by atoms with E-state index in [4.69, 9.17) is 23.2 Å². The molecular formula is C29H34Cl2FN3O3. The second-order valence-corrected chi connectivity index (χ2v) is 13.0. The first-order valence-corrected chi connectivity index (χ1v) is 14.0. The summed E-state index contributed by atoms with van der Waals surface area (Å²) in [5, 5.41) is 19.9. The van der Waals surface area contributed by atoms with Crippen LogP contribution in [0.5, 0.6) is 0 Å². The summed E-state index contributed by atoms with van der Waals surface area (Å²) in [6.45, 7) is 6.23. The van der Waals surface area contributed by atoms with Crippen LogP contribution in [0.1, 0.15) is 69.9 Å². The van der Waals surface area contributed by atoms with E-state index in [1.807, 2.05) is 6.07 Å². The SMILES string of the molecule is CC(C)(C)C[C@@H]1N[C@@H](C(=O)N[C@H]2CC[C@H](O)CC2)[C@H](c2cccc(Cl)c2F)C12C(=O)Nc1cc(Cl)ccc12. The highest BCUT2D eigenvalue weighted by molar-refractivity contribution is 6.31. The smallest absolute Gasteiger partial charge is 0.238 e. The number of benzene rings is 2. The first kappa shape index (κ1) is 27.4. The lowest BCUT2D eigenvalue weighted by atomic mass is 9.62. The van der Waals surface area contributed by atoms with Crippen LogP contribution < -0.4 is 16.0 Å². The Morgan fingerprint density at radius 1 is 1.16 bits per heavy atom. The van der Waals surface area contributed by atoms with Crippen LogP contribution in [-0.4, -0.2) is 41.2 Å². The number of aliphatic hydroxyl groups is 1. The van der Waals surface area contributed by atoms with Crippen molar-refractivity contribution in [3.63, 3.8) is 0 Å². The first-order chi connectivity index (χ1) is 17.9. The van der Waals surface area contributed by atoms with Gasteiger partial charge in [0.15, 0.2) is 0 Å². The van der Waals surface area contributed by atoms with E-state index in [0.717, 1.165) is 0 Å². The number of carbonyl (C=O) groups excluding carboxylic acids is 2. The molecule has 2 fully saturated rings. The Labute approximate surface area is 232 Å². The molecule has 1 spiro atoms. The van der Waals surface area contributed by atoms with Crippen LogP contribution in [0.2, 0.25) is 10.0 Å². The van der Waals surface area contributed by atoms with Gasteiger partial charge in [0, 0.05) is 28.7 Å². The van der Waals surface area contributed by atoms with E-state index >= 15 is 4.39 Å². The summed E-state index contributed by atoms with van der Waals surface area (Å²) in [7, 11) is 0. The Morgan fingerprint density at radius 3 is 2.55 bits per heavy atom. The van der Waals surface area contributed by atoms with Gasteiger partial charge in [-0.1, -0.05) is 62.2 Å². The molecule has 5 rings (SSSR count). The van der Waals surface area contributed by atoms with Crippen LogP contribution in [0, 0.1) is 11.2 Å². The Bertz CT molecular complexity index is 1260. The quantitative estimate of drug-likeness (QED) is 0.407. The molecule has 2 aliphatic heterocycles. The van der Waals surface area contributed by atoms with Crippen molar-refractivity contribution in [1.82, 2.24) is 10.6 Å². The molecule has 1 unspecified atom stereocenters. The lowest BCUT2D eigenvalue weighted by Gasteiger charge is -2.38. The standard InChI is InChI=1S/C29H34Cl2FN3O3/c1-28(2,3)14-22-29(19-12-7-15(30)13-21(19)34-27(29)38)23(18-5-4-6-20(31)24(18)32)25(35-22)26(37)33-16-8-10-17(36)11-9-16/h4-7,12-13,16-17,22-23,25,35-36H,8-11,14H2,1-3H3,(H,33,37)(H,34,38)/t16-,17-,22-,23-,25+,29?/m0/s1. The minimum atomic E-state index is -1.27. The Hall–Kier alpha value is -2.19. The fraction of sp³-hybridized carbons (Fsp3) is 0.517. The zero-order valence-electron chi connectivity index (χ0n) is 21.8. The summed E-state index contributed by atoms with van der Waals surface area (Å²) in [6.07, 6.45) is 2.75. The average Bonchev–Trinajstić information content (AvgIpc) is 3.31. The van der Waals surface area contributed by atoms with Gasteiger partial charge in [0.1, 0.15) is 11.2 Å². The number of fused-ring (bicyclic) bond motifs is 2. The number of hydrogen-bond donors (Lipinski definition) is 4. The van der Waals surface area contributed by atoms with E-state index in [0.29, 0.717) is 48.4 Å². The molecule has 0 bridgehead atoms. The maximum atomic E-state index is 15.8. The molecule has 2 aromatic carbocycles. The summed E-state index contributed by atoms with van der Waals surface area (Å²) in [5.41, 5.74) is -0.00278. The molecule has 2 heterocycles. The molecule has 204 valence electrons. The summed E-state index contributed by atoms with van der Waals surface area (Å²) in [6, 6.07) is 8.50. The molecule has 3 aliphatic rings.